The highest BCUT2D eigenvalue weighted by atomic mass is 32.2. The van der Waals surface area contributed by atoms with Crippen molar-refractivity contribution in [2.24, 2.45) is 0 Å². The highest BCUT2D eigenvalue weighted by Crippen LogP contribution is 2.11. The van der Waals surface area contributed by atoms with Gasteiger partial charge in [-0.1, -0.05) is 0 Å². The van der Waals surface area contributed by atoms with Gasteiger partial charge in [0, 0.05) is 12.1 Å². The predicted molar refractivity (Wildman–Crippen MR) is 44.5 cm³/mol. The molecule has 10 heavy (non-hydrogen) atoms. The number of rotatable bonds is 2. The van der Waals surface area contributed by atoms with Crippen LogP contribution in [-0.2, 0) is 11.8 Å². The smallest absolute Gasteiger partial charge is 0.237 e. The normalized spacial score (nSPS) is 9.40. The van der Waals surface area contributed by atoms with Gasteiger partial charge in [0.15, 0.2) is 6.26 Å². The minimum atomic E-state index is 0.915. The van der Waals surface area contributed by atoms with Crippen molar-refractivity contribution in [3.05, 3.63) is 24.3 Å². The van der Waals surface area contributed by atoms with Crippen molar-refractivity contribution < 1.29 is 4.74 Å². The van der Waals surface area contributed by atoms with E-state index in [1.54, 1.807) is 18.9 Å². The molecule has 0 aromatic heterocycles. The van der Waals surface area contributed by atoms with Crippen molar-refractivity contribution >= 4 is 11.8 Å². The van der Waals surface area contributed by atoms with Gasteiger partial charge in [0.25, 0.3) is 0 Å². The van der Waals surface area contributed by atoms with E-state index < -0.39 is 0 Å². The number of methoxy groups -OCH3 is 1. The standard InChI is InChI=1S/C8H10OS/c1-9-7-3-5-8(10-2)6-4-7/h3-6H,1-2H3/q+1. The Morgan fingerprint density at radius 3 is 2.20 bits per heavy atom. The number of hydrogen-bond acceptors (Lipinski definition) is 2. The Labute approximate surface area is 65.4 Å². The lowest BCUT2D eigenvalue weighted by atomic mass is 10.3. The quantitative estimate of drug-likeness (QED) is 0.474. The molecule has 0 saturated heterocycles. The zero-order valence-corrected chi connectivity index (χ0v) is 6.94. The van der Waals surface area contributed by atoms with Crippen LogP contribution in [0, 0.1) is 0 Å². The molecule has 0 heterocycles. The fourth-order valence-electron chi connectivity index (χ4n) is 0.712. The van der Waals surface area contributed by atoms with Crippen LogP contribution < -0.4 is 4.74 Å². The lowest BCUT2D eigenvalue weighted by molar-refractivity contribution is 0.414. The molecule has 0 aliphatic heterocycles. The second-order valence-electron chi connectivity index (χ2n) is 1.88. The van der Waals surface area contributed by atoms with Crippen LogP contribution in [0.3, 0.4) is 0 Å². The zero-order valence-electron chi connectivity index (χ0n) is 6.13. The summed E-state index contributed by atoms with van der Waals surface area (Å²) in [6.07, 6.45) is 2.06. The van der Waals surface area contributed by atoms with Crippen LogP contribution in [0.25, 0.3) is 0 Å². The topological polar surface area (TPSA) is 9.23 Å². The Balaban J connectivity index is 2.80. The minimum absolute atomic E-state index is 0.915. The molecular formula is C8H10OS+. The monoisotopic (exact) mass is 154 g/mol. The third-order valence-electron chi connectivity index (χ3n) is 1.30. The molecule has 0 spiro atoms. The van der Waals surface area contributed by atoms with Gasteiger partial charge in [0.1, 0.15) is 5.75 Å². The molecule has 0 unspecified atom stereocenters. The van der Waals surface area contributed by atoms with Gasteiger partial charge in [-0.15, -0.1) is 0 Å². The van der Waals surface area contributed by atoms with E-state index in [-0.39, 0.29) is 0 Å². The maximum atomic E-state index is 5.00. The summed E-state index contributed by atoms with van der Waals surface area (Å²) in [4.78, 5) is 1.26. The minimum Gasteiger partial charge on any atom is -0.497 e. The molecule has 0 N–H and O–H groups in total. The third kappa shape index (κ3) is 1.67. The summed E-state index contributed by atoms with van der Waals surface area (Å²) >= 11 is 1.73. The van der Waals surface area contributed by atoms with E-state index in [0.717, 1.165) is 5.75 Å². The molecule has 0 aliphatic carbocycles. The van der Waals surface area contributed by atoms with Crippen molar-refractivity contribution in [3.63, 3.8) is 0 Å². The Bertz CT molecular complexity index is 170. The van der Waals surface area contributed by atoms with E-state index in [9.17, 15) is 0 Å². The first-order chi connectivity index (χ1) is 4.86. The summed E-state index contributed by atoms with van der Waals surface area (Å²) in [5.41, 5.74) is 0. The summed E-state index contributed by atoms with van der Waals surface area (Å²) in [5, 5.41) is 0. The van der Waals surface area contributed by atoms with Crippen LogP contribution in [-0.4, -0.2) is 13.4 Å². The Hall–Kier alpha value is -0.630. The number of ether oxygens (including phenoxy) is 1. The first-order valence-corrected chi connectivity index (χ1v) is 4.27. The summed E-state index contributed by atoms with van der Waals surface area (Å²) in [6.45, 7) is 0. The highest BCUT2D eigenvalue weighted by molar-refractivity contribution is 7.77. The van der Waals surface area contributed by atoms with Gasteiger partial charge in [-0.05, 0) is 12.1 Å². The van der Waals surface area contributed by atoms with Gasteiger partial charge in [-0.25, -0.2) is 0 Å². The van der Waals surface area contributed by atoms with Gasteiger partial charge in [-0.2, -0.15) is 0 Å². The van der Waals surface area contributed by atoms with Crippen molar-refractivity contribution in [1.29, 1.82) is 0 Å². The predicted octanol–water partition coefficient (Wildman–Crippen LogP) is 1.77. The first kappa shape index (κ1) is 7.48. The van der Waals surface area contributed by atoms with E-state index in [1.807, 2.05) is 24.3 Å². The molecule has 0 saturated carbocycles. The average Bonchev–Trinajstić information content (AvgIpc) is 2.05. The van der Waals surface area contributed by atoms with Crippen LogP contribution in [0.5, 0.6) is 5.75 Å². The number of hydrogen-bond donors (Lipinski definition) is 0. The van der Waals surface area contributed by atoms with E-state index >= 15 is 0 Å². The van der Waals surface area contributed by atoms with E-state index in [2.05, 4.69) is 6.26 Å². The van der Waals surface area contributed by atoms with Crippen molar-refractivity contribution in [3.8, 4) is 5.75 Å². The average molecular weight is 154 g/mol. The van der Waals surface area contributed by atoms with Gasteiger partial charge in [0.2, 0.25) is 16.7 Å². The maximum Gasteiger partial charge on any atom is 0.237 e. The lowest BCUT2D eigenvalue weighted by Crippen LogP contribution is -1.82. The van der Waals surface area contributed by atoms with E-state index in [4.69, 9.17) is 4.74 Å². The van der Waals surface area contributed by atoms with Crippen molar-refractivity contribution in [2.75, 3.05) is 13.4 Å². The van der Waals surface area contributed by atoms with Crippen LogP contribution in [0.2, 0.25) is 0 Å². The molecule has 1 aromatic carbocycles. The summed E-state index contributed by atoms with van der Waals surface area (Å²) < 4.78 is 5.00. The fraction of sp³-hybridized carbons (Fsp3) is 0.250. The number of benzene rings is 1. The molecular weight excluding hydrogens is 144 g/mol. The second kappa shape index (κ2) is 3.52. The molecule has 0 fully saturated rings. The summed E-state index contributed by atoms with van der Waals surface area (Å²) in [5.74, 6) is 0.915. The van der Waals surface area contributed by atoms with E-state index in [1.165, 1.54) is 4.90 Å². The molecule has 53 valence electrons. The van der Waals surface area contributed by atoms with Crippen LogP contribution in [0.4, 0.5) is 0 Å². The first-order valence-electron chi connectivity index (χ1n) is 3.05. The SMILES string of the molecule is COc1ccc([S+]C)cc1. The van der Waals surface area contributed by atoms with Crippen LogP contribution >= 0.6 is 0 Å². The third-order valence-corrected chi connectivity index (χ3v) is 2.04. The van der Waals surface area contributed by atoms with E-state index in [0.29, 0.717) is 0 Å². The Morgan fingerprint density at radius 2 is 1.80 bits per heavy atom. The molecule has 1 nitrogen and oxygen atoms in total. The fourth-order valence-corrected chi connectivity index (χ4v) is 1.12. The highest BCUT2D eigenvalue weighted by Gasteiger charge is 2.01. The molecule has 1 aromatic rings. The van der Waals surface area contributed by atoms with Crippen molar-refractivity contribution in [2.45, 2.75) is 4.90 Å². The molecule has 0 aliphatic rings. The lowest BCUT2D eigenvalue weighted by Gasteiger charge is -1.94. The Kier molecular flexibility index (Phi) is 2.63. The molecule has 2 heteroatoms. The van der Waals surface area contributed by atoms with Crippen molar-refractivity contribution in [1.82, 2.24) is 0 Å². The Morgan fingerprint density at radius 1 is 1.20 bits per heavy atom. The maximum absolute atomic E-state index is 5.00. The van der Waals surface area contributed by atoms with Gasteiger partial charge in [0.05, 0.1) is 7.11 Å². The molecule has 0 amide bonds. The van der Waals surface area contributed by atoms with Crippen LogP contribution in [0.15, 0.2) is 29.2 Å². The zero-order chi connectivity index (χ0) is 7.40. The van der Waals surface area contributed by atoms with Gasteiger partial charge in [-0.3, -0.25) is 0 Å². The molecule has 1 radical (unpaired) electrons. The number of thioether (sulfide) groups is 1. The molecule has 0 bridgehead atoms. The van der Waals surface area contributed by atoms with Gasteiger partial charge >= 0.3 is 0 Å². The molecule has 0 atom stereocenters. The summed E-state index contributed by atoms with van der Waals surface area (Å²) in [6, 6.07) is 8.02. The second-order valence-corrected chi connectivity index (χ2v) is 2.76. The largest absolute Gasteiger partial charge is 0.497 e. The van der Waals surface area contributed by atoms with Gasteiger partial charge < -0.3 is 4.74 Å². The summed E-state index contributed by atoms with van der Waals surface area (Å²) in [7, 11) is 1.67. The van der Waals surface area contributed by atoms with Crippen LogP contribution in [0.1, 0.15) is 0 Å². The molecule has 1 rings (SSSR count).